The van der Waals surface area contributed by atoms with Gasteiger partial charge in [-0.05, 0) is 24.1 Å². The van der Waals surface area contributed by atoms with Gasteiger partial charge in [0.25, 0.3) is 0 Å². The molecule has 32 heavy (non-hydrogen) atoms. The van der Waals surface area contributed by atoms with Crippen molar-refractivity contribution in [3.63, 3.8) is 0 Å². The number of dihydropyridines is 1. The molecule has 0 radical (unpaired) electrons. The van der Waals surface area contributed by atoms with Crippen molar-refractivity contribution >= 4 is 11.8 Å². The van der Waals surface area contributed by atoms with Gasteiger partial charge in [0, 0.05) is 36.0 Å². The Morgan fingerprint density at radius 2 is 1.75 bits per heavy atom. The smallest absolute Gasteiger partial charge is 0.416 e. The molecule has 2 aliphatic heterocycles. The van der Waals surface area contributed by atoms with E-state index in [1.165, 1.54) is 25.1 Å². The van der Waals surface area contributed by atoms with Gasteiger partial charge in [0.15, 0.2) is 5.78 Å². The number of alkyl halides is 3. The topological polar surface area (TPSA) is 69.6 Å². The minimum atomic E-state index is -4.68. The molecule has 4 rings (SSSR count). The number of allylic oxidation sites excluding steroid dienone is 1. The highest BCUT2D eigenvalue weighted by Gasteiger charge is 2.44. The number of halogens is 3. The Balaban J connectivity index is 1.80. The van der Waals surface area contributed by atoms with Crippen molar-refractivity contribution in [1.29, 1.82) is 0 Å². The van der Waals surface area contributed by atoms with Gasteiger partial charge < -0.3 is 10.4 Å². The van der Waals surface area contributed by atoms with E-state index in [1.54, 1.807) is 0 Å². The van der Waals surface area contributed by atoms with Crippen LogP contribution >= 0.6 is 0 Å². The average Bonchev–Trinajstić information content (AvgIpc) is 2.72. The number of Topliss-reactive ketones (excluding diaryl/α,β-unsaturated/α-hetero) is 1. The van der Waals surface area contributed by atoms with Crippen LogP contribution < -0.4 is 5.32 Å². The lowest BCUT2D eigenvalue weighted by molar-refractivity contribution is -0.139. The SMILES string of the molecule is CC1=C(C(=O)O)C(c2ccccc2C(F)(F)F)C2=C(CN(Cc3ccccc3)CC2=O)N1. The number of hydrogen-bond donors (Lipinski definition) is 2. The van der Waals surface area contributed by atoms with Gasteiger partial charge in [0.2, 0.25) is 0 Å². The predicted octanol–water partition coefficient (Wildman–Crippen LogP) is 4.09. The number of nitrogens with one attached hydrogen (secondary N) is 1. The summed E-state index contributed by atoms with van der Waals surface area (Å²) in [6.07, 6.45) is -4.68. The lowest BCUT2D eigenvalue weighted by Crippen LogP contribution is -2.45. The Morgan fingerprint density at radius 1 is 1.09 bits per heavy atom. The Labute approximate surface area is 182 Å². The highest BCUT2D eigenvalue weighted by atomic mass is 19.4. The van der Waals surface area contributed by atoms with E-state index in [0.29, 0.717) is 18.8 Å². The van der Waals surface area contributed by atoms with Crippen LogP contribution in [0.25, 0.3) is 0 Å². The number of carboxylic acid groups (broad SMARTS) is 1. The fourth-order valence-electron chi connectivity index (χ4n) is 4.47. The van der Waals surface area contributed by atoms with Gasteiger partial charge in [-0.15, -0.1) is 0 Å². The Hall–Kier alpha value is -3.39. The van der Waals surface area contributed by atoms with Crippen LogP contribution in [-0.4, -0.2) is 34.8 Å². The fraction of sp³-hybridized carbons (Fsp3) is 0.250. The molecule has 1 unspecified atom stereocenters. The lowest BCUT2D eigenvalue weighted by Gasteiger charge is -2.38. The van der Waals surface area contributed by atoms with Gasteiger partial charge in [0.05, 0.1) is 17.7 Å². The third-order valence-corrected chi connectivity index (χ3v) is 5.75. The zero-order valence-electron chi connectivity index (χ0n) is 17.2. The largest absolute Gasteiger partial charge is 0.478 e. The highest BCUT2D eigenvalue weighted by Crippen LogP contribution is 2.45. The van der Waals surface area contributed by atoms with Gasteiger partial charge in [-0.25, -0.2) is 4.79 Å². The Kier molecular flexibility index (Phi) is 5.64. The molecule has 0 amide bonds. The highest BCUT2D eigenvalue weighted by molar-refractivity contribution is 6.04. The van der Waals surface area contributed by atoms with Gasteiger partial charge in [-0.3, -0.25) is 9.69 Å². The normalized spacial score (nSPS) is 19.6. The molecular weight excluding hydrogens is 421 g/mol. The van der Waals surface area contributed by atoms with Crippen LogP contribution in [0, 0.1) is 0 Å². The number of carbonyl (C=O) groups excluding carboxylic acids is 1. The average molecular weight is 442 g/mol. The number of nitrogens with zero attached hydrogens (tertiary/aromatic N) is 1. The second-order valence-electron chi connectivity index (χ2n) is 7.93. The first-order valence-corrected chi connectivity index (χ1v) is 10.1. The van der Waals surface area contributed by atoms with Crippen LogP contribution in [-0.2, 0) is 22.3 Å². The van der Waals surface area contributed by atoms with Gasteiger partial charge in [-0.1, -0.05) is 48.5 Å². The molecule has 0 aromatic heterocycles. The summed E-state index contributed by atoms with van der Waals surface area (Å²) in [6, 6.07) is 14.4. The molecule has 1 atom stereocenters. The van der Waals surface area contributed by atoms with E-state index in [-0.39, 0.29) is 34.7 Å². The van der Waals surface area contributed by atoms with Crippen molar-refractivity contribution in [3.8, 4) is 0 Å². The summed E-state index contributed by atoms with van der Waals surface area (Å²) < 4.78 is 41.3. The van der Waals surface area contributed by atoms with Crippen molar-refractivity contribution in [2.75, 3.05) is 13.1 Å². The minimum absolute atomic E-state index is 0.00790. The molecule has 166 valence electrons. The second kappa shape index (κ2) is 8.27. The number of hydrogen-bond acceptors (Lipinski definition) is 4. The standard InChI is InChI=1S/C24H21F3N2O3/c1-14-20(23(31)32)21(16-9-5-6-10-17(16)24(25,26)27)22-18(28-14)12-29(13-19(22)30)11-15-7-3-2-4-8-15/h2-10,21,28H,11-13H2,1H3,(H,31,32). The van der Waals surface area contributed by atoms with Crippen LogP contribution in [0.3, 0.4) is 0 Å². The monoisotopic (exact) mass is 442 g/mol. The Bertz CT molecular complexity index is 1140. The van der Waals surface area contributed by atoms with Crippen molar-refractivity contribution in [1.82, 2.24) is 10.2 Å². The molecule has 5 nitrogen and oxygen atoms in total. The van der Waals surface area contributed by atoms with E-state index in [2.05, 4.69) is 5.32 Å². The first-order valence-electron chi connectivity index (χ1n) is 10.1. The van der Waals surface area contributed by atoms with Gasteiger partial charge in [0.1, 0.15) is 0 Å². The van der Waals surface area contributed by atoms with Crippen molar-refractivity contribution in [3.05, 3.63) is 93.8 Å². The predicted molar refractivity (Wildman–Crippen MR) is 111 cm³/mol. The van der Waals surface area contributed by atoms with Crippen LogP contribution in [0.2, 0.25) is 0 Å². The fourth-order valence-corrected chi connectivity index (χ4v) is 4.47. The molecule has 0 aliphatic carbocycles. The number of aliphatic carboxylic acids is 1. The third kappa shape index (κ3) is 4.05. The zero-order valence-corrected chi connectivity index (χ0v) is 17.2. The molecule has 2 N–H and O–H groups in total. The molecule has 0 saturated carbocycles. The van der Waals surface area contributed by atoms with Crippen molar-refractivity contribution < 1.29 is 27.9 Å². The maximum atomic E-state index is 13.8. The number of benzene rings is 2. The van der Waals surface area contributed by atoms with Gasteiger partial charge >= 0.3 is 12.1 Å². The lowest BCUT2D eigenvalue weighted by atomic mass is 9.76. The van der Waals surface area contributed by atoms with E-state index in [0.717, 1.165) is 11.6 Å². The molecule has 8 heteroatoms. The van der Waals surface area contributed by atoms with Gasteiger partial charge in [-0.2, -0.15) is 13.2 Å². The zero-order chi connectivity index (χ0) is 23.0. The number of carboxylic acids is 1. The maximum Gasteiger partial charge on any atom is 0.416 e. The molecule has 0 fully saturated rings. The maximum absolute atomic E-state index is 13.8. The molecule has 0 saturated heterocycles. The first-order chi connectivity index (χ1) is 15.2. The summed E-state index contributed by atoms with van der Waals surface area (Å²) in [5, 5.41) is 12.8. The van der Waals surface area contributed by atoms with Crippen molar-refractivity contribution in [2.24, 2.45) is 0 Å². The van der Waals surface area contributed by atoms with E-state index < -0.39 is 23.6 Å². The molecular formula is C24H21F3N2O3. The van der Waals surface area contributed by atoms with E-state index >= 15 is 0 Å². The summed E-state index contributed by atoms with van der Waals surface area (Å²) in [5.41, 5.74) is 0.353. The van der Waals surface area contributed by atoms with E-state index in [4.69, 9.17) is 0 Å². The molecule has 2 aliphatic rings. The van der Waals surface area contributed by atoms with E-state index in [9.17, 15) is 27.9 Å². The number of ketones is 1. The Morgan fingerprint density at radius 3 is 2.41 bits per heavy atom. The quantitative estimate of drug-likeness (QED) is 0.747. The summed E-state index contributed by atoms with van der Waals surface area (Å²) in [4.78, 5) is 27.2. The molecule has 2 aromatic rings. The molecule has 2 aromatic carbocycles. The molecule has 2 heterocycles. The summed E-state index contributed by atoms with van der Waals surface area (Å²) in [5.74, 6) is -3.04. The number of carbonyl (C=O) groups is 2. The first kappa shape index (κ1) is 21.8. The van der Waals surface area contributed by atoms with E-state index in [1.807, 2.05) is 35.2 Å². The van der Waals surface area contributed by atoms with Crippen LogP contribution in [0.4, 0.5) is 13.2 Å². The van der Waals surface area contributed by atoms with Crippen LogP contribution in [0.15, 0.2) is 77.1 Å². The number of rotatable bonds is 4. The minimum Gasteiger partial charge on any atom is -0.478 e. The van der Waals surface area contributed by atoms with Crippen molar-refractivity contribution in [2.45, 2.75) is 25.6 Å². The van der Waals surface area contributed by atoms with Crippen LogP contribution in [0.5, 0.6) is 0 Å². The van der Waals surface area contributed by atoms with Crippen LogP contribution in [0.1, 0.15) is 29.5 Å². The third-order valence-electron chi connectivity index (χ3n) is 5.75. The second-order valence-corrected chi connectivity index (χ2v) is 7.93. The summed E-state index contributed by atoms with van der Waals surface area (Å²) in [7, 11) is 0. The molecule has 0 spiro atoms. The summed E-state index contributed by atoms with van der Waals surface area (Å²) in [6.45, 7) is 2.29. The summed E-state index contributed by atoms with van der Waals surface area (Å²) >= 11 is 0. The molecule has 0 bridgehead atoms.